The van der Waals surface area contributed by atoms with Gasteiger partial charge in [0, 0.05) is 13.1 Å². The average Bonchev–Trinajstić information content (AvgIpc) is 2.88. The molecule has 1 amide bonds. The molecule has 1 unspecified atom stereocenters. The third-order valence-corrected chi connectivity index (χ3v) is 4.40. The maximum atomic E-state index is 12.3. The van der Waals surface area contributed by atoms with Gasteiger partial charge >= 0.3 is 5.97 Å². The Labute approximate surface area is 121 Å². The van der Waals surface area contributed by atoms with E-state index in [1.807, 2.05) is 16.7 Å². The Hall–Kier alpha value is -1.10. The van der Waals surface area contributed by atoms with Crippen molar-refractivity contribution in [2.24, 2.45) is 5.92 Å². The number of amides is 1. The van der Waals surface area contributed by atoms with E-state index in [0.29, 0.717) is 13.2 Å². The molecule has 2 aliphatic heterocycles. The second kappa shape index (κ2) is 7.07. The van der Waals surface area contributed by atoms with E-state index in [4.69, 9.17) is 4.74 Å². The third-order valence-electron chi connectivity index (χ3n) is 4.40. The Morgan fingerprint density at radius 3 is 2.50 bits per heavy atom. The van der Waals surface area contributed by atoms with Gasteiger partial charge < -0.3 is 9.64 Å². The third kappa shape index (κ3) is 3.72. The molecule has 0 aromatic rings. The fraction of sp³-hybridized carbons (Fsp3) is 0.867. The molecule has 0 aliphatic carbocycles. The lowest BCUT2D eigenvalue weighted by atomic mass is 9.99. The van der Waals surface area contributed by atoms with Gasteiger partial charge in [-0.2, -0.15) is 0 Å². The first-order valence-electron chi connectivity index (χ1n) is 7.80. The van der Waals surface area contributed by atoms with Crippen LogP contribution in [0, 0.1) is 5.92 Å². The minimum absolute atomic E-state index is 0.160. The second-order valence-electron chi connectivity index (χ2n) is 5.94. The molecule has 2 heterocycles. The molecular weight excluding hydrogens is 256 g/mol. The molecule has 5 heteroatoms. The molecule has 0 bridgehead atoms. The average molecular weight is 282 g/mol. The Balaban J connectivity index is 1.85. The molecule has 0 aromatic carbocycles. The summed E-state index contributed by atoms with van der Waals surface area (Å²) in [6.07, 6.45) is 3.96. The van der Waals surface area contributed by atoms with E-state index in [0.717, 1.165) is 51.2 Å². The normalized spacial score (nSPS) is 24.9. The van der Waals surface area contributed by atoms with Gasteiger partial charge in [-0.1, -0.05) is 6.92 Å². The van der Waals surface area contributed by atoms with Crippen LogP contribution in [-0.4, -0.2) is 60.5 Å². The van der Waals surface area contributed by atoms with Crippen molar-refractivity contribution in [2.45, 2.75) is 45.6 Å². The highest BCUT2D eigenvalue weighted by Crippen LogP contribution is 2.20. The second-order valence-corrected chi connectivity index (χ2v) is 5.94. The van der Waals surface area contributed by atoms with Gasteiger partial charge in [-0.25, -0.2) is 0 Å². The highest BCUT2D eigenvalue weighted by Gasteiger charge is 2.34. The zero-order valence-corrected chi connectivity index (χ0v) is 12.6. The Kier molecular flexibility index (Phi) is 5.40. The first-order chi connectivity index (χ1) is 9.61. The molecule has 0 N–H and O–H groups in total. The molecule has 114 valence electrons. The van der Waals surface area contributed by atoms with Crippen molar-refractivity contribution >= 4 is 11.9 Å². The van der Waals surface area contributed by atoms with Gasteiger partial charge in [-0.05, 0) is 45.1 Å². The van der Waals surface area contributed by atoms with Crippen molar-refractivity contribution in [3.05, 3.63) is 0 Å². The van der Waals surface area contributed by atoms with E-state index in [1.165, 1.54) is 0 Å². The summed E-state index contributed by atoms with van der Waals surface area (Å²) in [5, 5.41) is 0. The minimum Gasteiger partial charge on any atom is -0.465 e. The highest BCUT2D eigenvalue weighted by atomic mass is 16.5. The Bertz CT molecular complexity index is 351. The number of piperidine rings is 1. The summed E-state index contributed by atoms with van der Waals surface area (Å²) < 4.78 is 5.09. The molecule has 2 saturated heterocycles. The molecule has 0 spiro atoms. The number of carbonyl (C=O) groups is 2. The molecule has 2 aliphatic rings. The van der Waals surface area contributed by atoms with Crippen molar-refractivity contribution in [2.75, 3.05) is 32.8 Å². The summed E-state index contributed by atoms with van der Waals surface area (Å²) in [5.74, 6) is 0.705. The van der Waals surface area contributed by atoms with Crippen LogP contribution in [0.15, 0.2) is 0 Å². The predicted octanol–water partition coefficient (Wildman–Crippen LogP) is 1.27. The Morgan fingerprint density at radius 2 is 1.85 bits per heavy atom. The van der Waals surface area contributed by atoms with E-state index in [-0.39, 0.29) is 17.9 Å². The van der Waals surface area contributed by atoms with Crippen LogP contribution in [0.1, 0.15) is 39.5 Å². The topological polar surface area (TPSA) is 49.9 Å². The molecule has 0 aromatic heterocycles. The fourth-order valence-corrected chi connectivity index (χ4v) is 3.05. The first kappa shape index (κ1) is 15.3. The number of hydrogen-bond acceptors (Lipinski definition) is 4. The van der Waals surface area contributed by atoms with Crippen LogP contribution in [0.25, 0.3) is 0 Å². The van der Waals surface area contributed by atoms with Crippen molar-refractivity contribution in [3.63, 3.8) is 0 Å². The maximum absolute atomic E-state index is 12.3. The number of esters is 1. The summed E-state index contributed by atoms with van der Waals surface area (Å²) in [5.41, 5.74) is 0. The van der Waals surface area contributed by atoms with E-state index in [9.17, 15) is 9.59 Å². The van der Waals surface area contributed by atoms with Crippen LogP contribution < -0.4 is 0 Å². The van der Waals surface area contributed by atoms with Crippen LogP contribution in [0.3, 0.4) is 0 Å². The molecule has 20 heavy (non-hydrogen) atoms. The van der Waals surface area contributed by atoms with Crippen LogP contribution >= 0.6 is 0 Å². The van der Waals surface area contributed by atoms with Gasteiger partial charge in [0.25, 0.3) is 0 Å². The minimum atomic E-state index is -0.220. The van der Waals surface area contributed by atoms with Gasteiger partial charge in [-0.15, -0.1) is 0 Å². The molecule has 2 rings (SSSR count). The van der Waals surface area contributed by atoms with Gasteiger partial charge in [-0.3, -0.25) is 14.5 Å². The first-order valence-corrected chi connectivity index (χ1v) is 7.80. The van der Waals surface area contributed by atoms with Crippen molar-refractivity contribution < 1.29 is 14.3 Å². The summed E-state index contributed by atoms with van der Waals surface area (Å²) in [6, 6.07) is -0.220. The lowest BCUT2D eigenvalue weighted by molar-refractivity contribution is -0.149. The van der Waals surface area contributed by atoms with Crippen LogP contribution in [0.2, 0.25) is 0 Å². The highest BCUT2D eigenvalue weighted by molar-refractivity contribution is 5.81. The predicted molar refractivity (Wildman–Crippen MR) is 76.2 cm³/mol. The zero-order valence-electron chi connectivity index (χ0n) is 12.6. The smallest absolute Gasteiger partial charge is 0.323 e. The monoisotopic (exact) mass is 282 g/mol. The summed E-state index contributed by atoms with van der Waals surface area (Å²) in [7, 11) is 0. The molecule has 0 radical (unpaired) electrons. The number of likely N-dealkylation sites (tertiary alicyclic amines) is 2. The van der Waals surface area contributed by atoms with Gasteiger partial charge in [0.2, 0.25) is 5.91 Å². The molecule has 5 nitrogen and oxygen atoms in total. The van der Waals surface area contributed by atoms with Gasteiger partial charge in [0.05, 0.1) is 13.2 Å². The largest absolute Gasteiger partial charge is 0.465 e. The van der Waals surface area contributed by atoms with E-state index in [2.05, 4.69) is 6.92 Å². The summed E-state index contributed by atoms with van der Waals surface area (Å²) in [4.78, 5) is 28.1. The van der Waals surface area contributed by atoms with Crippen molar-refractivity contribution in [1.82, 2.24) is 9.80 Å². The SMILES string of the molecule is CCOC(=O)C1CCCN1CC(=O)N1CCC(C)CC1. The standard InChI is InChI=1S/C15H26N2O3/c1-3-20-15(19)13-5-4-8-17(13)11-14(18)16-9-6-12(2)7-10-16/h12-13H,3-11H2,1-2H3. The number of rotatable bonds is 4. The van der Waals surface area contributed by atoms with Gasteiger partial charge in [0.15, 0.2) is 0 Å². The summed E-state index contributed by atoms with van der Waals surface area (Å²) in [6.45, 7) is 7.35. The van der Waals surface area contributed by atoms with Gasteiger partial charge in [0.1, 0.15) is 6.04 Å². The fourth-order valence-electron chi connectivity index (χ4n) is 3.05. The van der Waals surface area contributed by atoms with Crippen LogP contribution in [0.5, 0.6) is 0 Å². The number of hydrogen-bond donors (Lipinski definition) is 0. The number of ether oxygens (including phenoxy) is 1. The van der Waals surface area contributed by atoms with E-state index >= 15 is 0 Å². The van der Waals surface area contributed by atoms with E-state index < -0.39 is 0 Å². The Morgan fingerprint density at radius 1 is 1.15 bits per heavy atom. The maximum Gasteiger partial charge on any atom is 0.323 e. The molecule has 0 saturated carbocycles. The zero-order chi connectivity index (χ0) is 14.5. The van der Waals surface area contributed by atoms with E-state index in [1.54, 1.807) is 0 Å². The lowest BCUT2D eigenvalue weighted by Gasteiger charge is -2.32. The number of carbonyl (C=O) groups excluding carboxylic acids is 2. The lowest BCUT2D eigenvalue weighted by Crippen LogP contribution is -2.47. The molecule has 2 fully saturated rings. The van der Waals surface area contributed by atoms with Crippen molar-refractivity contribution in [3.8, 4) is 0 Å². The van der Waals surface area contributed by atoms with Crippen LogP contribution in [-0.2, 0) is 14.3 Å². The van der Waals surface area contributed by atoms with Crippen molar-refractivity contribution in [1.29, 1.82) is 0 Å². The quantitative estimate of drug-likeness (QED) is 0.729. The molecular formula is C15H26N2O3. The van der Waals surface area contributed by atoms with Crippen LogP contribution in [0.4, 0.5) is 0 Å². The number of nitrogens with zero attached hydrogens (tertiary/aromatic N) is 2. The molecule has 1 atom stereocenters. The summed E-state index contributed by atoms with van der Waals surface area (Å²) >= 11 is 0.